The van der Waals surface area contributed by atoms with E-state index in [0.717, 1.165) is 0 Å². The molecule has 0 spiro atoms. The van der Waals surface area contributed by atoms with E-state index in [1.165, 1.54) is 18.3 Å². The SMILES string of the molecule is O=C(Cc1ccccc1[N+](=O)[O-])N/N=C/c1cc(I)c(O)c(I)c1. The summed E-state index contributed by atoms with van der Waals surface area (Å²) in [6.07, 6.45) is 1.31. The van der Waals surface area contributed by atoms with Crippen molar-refractivity contribution in [3.05, 3.63) is 64.8 Å². The number of benzene rings is 2. The minimum Gasteiger partial charge on any atom is -0.506 e. The highest BCUT2D eigenvalue weighted by Crippen LogP contribution is 2.26. The summed E-state index contributed by atoms with van der Waals surface area (Å²) in [5.41, 5.74) is 3.28. The van der Waals surface area contributed by atoms with Crippen LogP contribution in [-0.2, 0) is 11.2 Å². The van der Waals surface area contributed by atoms with Gasteiger partial charge >= 0.3 is 0 Å². The summed E-state index contributed by atoms with van der Waals surface area (Å²) in [6.45, 7) is 0. The van der Waals surface area contributed by atoms with E-state index in [-0.39, 0.29) is 17.9 Å². The van der Waals surface area contributed by atoms with Crippen LogP contribution in [-0.4, -0.2) is 22.2 Å². The second-order valence-corrected chi connectivity index (χ2v) is 7.01. The topological polar surface area (TPSA) is 105 Å². The first-order chi connectivity index (χ1) is 11.4. The fraction of sp³-hybridized carbons (Fsp3) is 0.0667. The van der Waals surface area contributed by atoms with Crippen LogP contribution < -0.4 is 5.43 Å². The Hall–Kier alpha value is -1.76. The van der Waals surface area contributed by atoms with Crippen molar-refractivity contribution in [2.45, 2.75) is 6.42 Å². The van der Waals surface area contributed by atoms with Crippen molar-refractivity contribution in [2.75, 3.05) is 0 Å². The van der Waals surface area contributed by atoms with Crippen LogP contribution in [0.2, 0.25) is 0 Å². The normalized spacial score (nSPS) is 10.8. The zero-order valence-corrected chi connectivity index (χ0v) is 16.4. The van der Waals surface area contributed by atoms with Crippen LogP contribution in [0.15, 0.2) is 41.5 Å². The number of nitrogens with zero attached hydrogens (tertiary/aromatic N) is 2. The predicted octanol–water partition coefficient (Wildman–Crippen LogP) is 3.20. The number of hydrazone groups is 1. The number of nitro groups is 1. The van der Waals surface area contributed by atoms with E-state index in [4.69, 9.17) is 0 Å². The highest BCUT2D eigenvalue weighted by Gasteiger charge is 2.15. The monoisotopic (exact) mass is 551 g/mol. The maximum absolute atomic E-state index is 11.9. The highest BCUT2D eigenvalue weighted by molar-refractivity contribution is 14.1. The van der Waals surface area contributed by atoms with Crippen LogP contribution in [0.3, 0.4) is 0 Å². The Morgan fingerprint density at radius 1 is 1.29 bits per heavy atom. The van der Waals surface area contributed by atoms with Crippen molar-refractivity contribution in [1.29, 1.82) is 0 Å². The summed E-state index contributed by atoms with van der Waals surface area (Å²) < 4.78 is 1.35. The molecule has 2 aromatic carbocycles. The minimum absolute atomic E-state index is 0.0979. The Balaban J connectivity index is 2.03. The summed E-state index contributed by atoms with van der Waals surface area (Å²) in [7, 11) is 0. The Bertz CT molecular complexity index is 801. The largest absolute Gasteiger partial charge is 0.506 e. The van der Waals surface area contributed by atoms with Gasteiger partial charge in [0.05, 0.1) is 24.7 Å². The number of para-hydroxylation sites is 1. The van der Waals surface area contributed by atoms with Crippen LogP contribution in [0.1, 0.15) is 11.1 Å². The number of nitrogens with one attached hydrogen (secondary N) is 1. The molecule has 0 aliphatic heterocycles. The van der Waals surface area contributed by atoms with E-state index in [1.54, 1.807) is 24.3 Å². The number of halogens is 2. The van der Waals surface area contributed by atoms with Crippen LogP contribution in [0.5, 0.6) is 5.75 Å². The third-order valence-corrected chi connectivity index (χ3v) is 4.63. The Labute approximate surface area is 164 Å². The molecule has 0 atom stereocenters. The van der Waals surface area contributed by atoms with Crippen molar-refractivity contribution in [3.63, 3.8) is 0 Å². The number of hydrogen-bond acceptors (Lipinski definition) is 5. The molecule has 1 amide bonds. The molecule has 0 bridgehead atoms. The first-order valence-corrected chi connectivity index (χ1v) is 8.76. The maximum Gasteiger partial charge on any atom is 0.273 e. The average molecular weight is 551 g/mol. The van der Waals surface area contributed by atoms with Crippen molar-refractivity contribution in [2.24, 2.45) is 5.10 Å². The van der Waals surface area contributed by atoms with Gasteiger partial charge in [-0.15, -0.1) is 0 Å². The summed E-state index contributed by atoms with van der Waals surface area (Å²) in [6, 6.07) is 9.51. The lowest BCUT2D eigenvalue weighted by atomic mass is 10.1. The van der Waals surface area contributed by atoms with Crippen LogP contribution >= 0.6 is 45.2 Å². The molecule has 9 heteroatoms. The molecule has 0 fully saturated rings. The van der Waals surface area contributed by atoms with Crippen LogP contribution in [0, 0.1) is 17.3 Å². The fourth-order valence-electron chi connectivity index (χ4n) is 1.89. The molecule has 0 unspecified atom stereocenters. The highest BCUT2D eigenvalue weighted by atomic mass is 127. The molecule has 2 aromatic rings. The van der Waals surface area contributed by atoms with Crippen molar-refractivity contribution in [3.8, 4) is 5.75 Å². The molecule has 0 saturated heterocycles. The van der Waals surface area contributed by atoms with E-state index < -0.39 is 10.8 Å². The number of nitro benzene ring substituents is 1. The second kappa shape index (κ2) is 8.37. The van der Waals surface area contributed by atoms with Gasteiger partial charge in [0.25, 0.3) is 5.69 Å². The molecule has 0 saturated carbocycles. The predicted molar refractivity (Wildman–Crippen MR) is 106 cm³/mol. The van der Waals surface area contributed by atoms with E-state index in [2.05, 4.69) is 10.5 Å². The summed E-state index contributed by atoms with van der Waals surface area (Å²) >= 11 is 4.00. The molecule has 0 aliphatic rings. The quantitative estimate of drug-likeness (QED) is 0.258. The molecule has 24 heavy (non-hydrogen) atoms. The Kier molecular flexibility index (Phi) is 6.48. The summed E-state index contributed by atoms with van der Waals surface area (Å²) in [4.78, 5) is 22.3. The zero-order chi connectivity index (χ0) is 17.7. The van der Waals surface area contributed by atoms with Gasteiger partial charge in [0.1, 0.15) is 5.75 Å². The summed E-state index contributed by atoms with van der Waals surface area (Å²) in [5, 5.41) is 24.5. The molecule has 0 aliphatic carbocycles. The zero-order valence-electron chi connectivity index (χ0n) is 12.1. The van der Waals surface area contributed by atoms with Crippen molar-refractivity contribution in [1.82, 2.24) is 5.43 Å². The minimum atomic E-state index is -0.522. The lowest BCUT2D eigenvalue weighted by Gasteiger charge is -2.03. The molecular formula is C15H11I2N3O4. The molecule has 2 rings (SSSR count). The Morgan fingerprint density at radius 3 is 2.54 bits per heavy atom. The van der Waals surface area contributed by atoms with Gasteiger partial charge in [0.15, 0.2) is 0 Å². The van der Waals surface area contributed by atoms with Gasteiger partial charge in [0.2, 0.25) is 5.91 Å². The van der Waals surface area contributed by atoms with Crippen LogP contribution in [0.4, 0.5) is 5.69 Å². The number of carbonyl (C=O) groups is 1. The van der Waals surface area contributed by atoms with E-state index in [0.29, 0.717) is 18.3 Å². The van der Waals surface area contributed by atoms with Gasteiger partial charge in [-0.05, 0) is 62.9 Å². The lowest BCUT2D eigenvalue weighted by Crippen LogP contribution is -2.20. The number of phenols is 1. The number of aromatic hydroxyl groups is 1. The van der Waals surface area contributed by atoms with Crippen molar-refractivity contribution >= 4 is 63.0 Å². The third-order valence-electron chi connectivity index (χ3n) is 2.98. The number of amides is 1. The number of rotatable bonds is 5. The molecule has 2 N–H and O–H groups in total. The van der Waals surface area contributed by atoms with E-state index in [9.17, 15) is 20.0 Å². The van der Waals surface area contributed by atoms with E-state index in [1.807, 2.05) is 45.2 Å². The standard InChI is InChI=1S/C15H11I2N3O4/c16-11-5-9(6-12(17)15(11)22)8-18-19-14(21)7-10-3-1-2-4-13(10)20(23)24/h1-6,8,22H,7H2,(H,19,21)/b18-8+. The van der Waals surface area contributed by atoms with Gasteiger partial charge < -0.3 is 5.11 Å². The number of phenolic OH excluding ortho intramolecular Hbond substituents is 1. The fourth-order valence-corrected chi connectivity index (χ4v) is 3.71. The first kappa shape index (κ1) is 18.6. The maximum atomic E-state index is 11.9. The van der Waals surface area contributed by atoms with Gasteiger partial charge in [-0.1, -0.05) is 18.2 Å². The molecule has 124 valence electrons. The second-order valence-electron chi connectivity index (χ2n) is 4.69. The molecule has 0 heterocycles. The molecular weight excluding hydrogens is 540 g/mol. The Morgan fingerprint density at radius 2 is 1.92 bits per heavy atom. The number of hydrogen-bond donors (Lipinski definition) is 2. The average Bonchev–Trinajstić information content (AvgIpc) is 2.52. The number of carbonyl (C=O) groups excluding carboxylic acids is 1. The van der Waals surface area contributed by atoms with E-state index >= 15 is 0 Å². The smallest absolute Gasteiger partial charge is 0.273 e. The summed E-state index contributed by atoms with van der Waals surface area (Å²) in [5.74, 6) is -0.252. The molecule has 7 nitrogen and oxygen atoms in total. The lowest BCUT2D eigenvalue weighted by molar-refractivity contribution is -0.385. The first-order valence-electron chi connectivity index (χ1n) is 6.60. The van der Waals surface area contributed by atoms with Gasteiger partial charge in [-0.25, -0.2) is 5.43 Å². The van der Waals surface area contributed by atoms with Gasteiger partial charge in [-0.3, -0.25) is 14.9 Å². The molecule has 0 radical (unpaired) electrons. The van der Waals surface area contributed by atoms with Crippen molar-refractivity contribution < 1.29 is 14.8 Å². The molecule has 0 aromatic heterocycles. The van der Waals surface area contributed by atoms with Crippen LogP contribution in [0.25, 0.3) is 0 Å². The van der Waals surface area contributed by atoms with Gasteiger partial charge in [-0.2, -0.15) is 5.10 Å². The third kappa shape index (κ3) is 4.87. The van der Waals surface area contributed by atoms with Gasteiger partial charge in [0, 0.05) is 11.6 Å².